The van der Waals surface area contributed by atoms with E-state index >= 15 is 0 Å². The molecule has 0 aliphatic rings. The molecule has 0 fully saturated rings. The summed E-state index contributed by atoms with van der Waals surface area (Å²) in [5.41, 5.74) is 0. The van der Waals surface area contributed by atoms with E-state index in [1.807, 2.05) is 13.8 Å². The summed E-state index contributed by atoms with van der Waals surface area (Å²) in [5.74, 6) is 0.236. The first kappa shape index (κ1) is 7.70. The Labute approximate surface area is 51.0 Å². The molecule has 48 valence electrons. The van der Waals surface area contributed by atoms with Crippen LogP contribution < -0.4 is 0 Å². The molecule has 0 bridgehead atoms. The first-order chi connectivity index (χ1) is 3.72. The number of hydrogen-bond donors (Lipinski definition) is 1. The van der Waals surface area contributed by atoms with Crippen LogP contribution >= 0.6 is 0 Å². The van der Waals surface area contributed by atoms with Crippen molar-refractivity contribution >= 4 is 0 Å². The quantitative estimate of drug-likeness (QED) is 0.552. The molecular weight excluding hydrogens is 100 g/mol. The van der Waals surface area contributed by atoms with Crippen LogP contribution in [0.5, 0.6) is 0 Å². The van der Waals surface area contributed by atoms with Crippen LogP contribution in [0.15, 0.2) is 12.7 Å². The van der Waals surface area contributed by atoms with E-state index in [9.17, 15) is 0 Å². The van der Waals surface area contributed by atoms with Gasteiger partial charge in [-0.25, -0.2) is 0 Å². The Morgan fingerprint density at radius 3 is 2.38 bits per heavy atom. The molecule has 0 amide bonds. The van der Waals surface area contributed by atoms with E-state index in [0.29, 0.717) is 0 Å². The molecule has 0 saturated heterocycles. The van der Waals surface area contributed by atoms with Gasteiger partial charge in [0.05, 0.1) is 6.10 Å². The normalized spacial score (nSPS) is 17.4. The number of rotatable bonds is 3. The van der Waals surface area contributed by atoms with Gasteiger partial charge in [0.25, 0.3) is 0 Å². The molecule has 0 rings (SSSR count). The Morgan fingerprint density at radius 2 is 2.25 bits per heavy atom. The minimum Gasteiger partial charge on any atom is -0.393 e. The largest absolute Gasteiger partial charge is 0.393 e. The molecule has 0 aliphatic carbocycles. The van der Waals surface area contributed by atoms with Gasteiger partial charge in [0.1, 0.15) is 0 Å². The monoisotopic (exact) mass is 114 g/mol. The minimum atomic E-state index is -0.201. The molecule has 0 aromatic carbocycles. The van der Waals surface area contributed by atoms with Gasteiger partial charge in [-0.05, 0) is 12.3 Å². The van der Waals surface area contributed by atoms with Gasteiger partial charge in [-0.3, -0.25) is 0 Å². The highest BCUT2D eigenvalue weighted by Crippen LogP contribution is 2.05. The molecule has 1 nitrogen and oxygen atoms in total. The predicted molar refractivity (Wildman–Crippen MR) is 35.7 cm³/mol. The summed E-state index contributed by atoms with van der Waals surface area (Å²) < 4.78 is 0. The van der Waals surface area contributed by atoms with Crippen LogP contribution in [0, 0.1) is 5.92 Å². The molecule has 0 radical (unpaired) electrons. The second-order valence-corrected chi connectivity index (χ2v) is 2.07. The topological polar surface area (TPSA) is 20.2 Å². The molecule has 0 heterocycles. The zero-order valence-corrected chi connectivity index (χ0v) is 5.59. The second-order valence-electron chi connectivity index (χ2n) is 2.07. The lowest BCUT2D eigenvalue weighted by Gasteiger charge is -2.10. The SMILES string of the molecule is C=C[C@@H](C)[C@H](O)CC. The molecule has 0 aliphatic heterocycles. The third kappa shape index (κ3) is 2.12. The molecule has 1 N–H and O–H groups in total. The summed E-state index contributed by atoms with van der Waals surface area (Å²) in [7, 11) is 0. The highest BCUT2D eigenvalue weighted by Gasteiger charge is 2.05. The molecule has 0 aromatic heterocycles. The summed E-state index contributed by atoms with van der Waals surface area (Å²) in [5, 5.41) is 9.06. The number of aliphatic hydroxyl groups excluding tert-OH is 1. The maximum Gasteiger partial charge on any atom is 0.0597 e. The highest BCUT2D eigenvalue weighted by molar-refractivity contribution is 4.79. The average Bonchev–Trinajstić information content (AvgIpc) is 1.84. The van der Waals surface area contributed by atoms with Gasteiger partial charge in [0.15, 0.2) is 0 Å². The van der Waals surface area contributed by atoms with Crippen LogP contribution in [0.4, 0.5) is 0 Å². The third-order valence-corrected chi connectivity index (χ3v) is 1.40. The zero-order chi connectivity index (χ0) is 6.57. The lowest BCUT2D eigenvalue weighted by Crippen LogP contribution is -2.13. The van der Waals surface area contributed by atoms with Crippen molar-refractivity contribution in [2.75, 3.05) is 0 Å². The Kier molecular flexibility index (Phi) is 3.53. The van der Waals surface area contributed by atoms with E-state index in [0.717, 1.165) is 6.42 Å². The molecule has 0 unspecified atom stereocenters. The molecule has 8 heavy (non-hydrogen) atoms. The Morgan fingerprint density at radius 1 is 1.75 bits per heavy atom. The van der Waals surface area contributed by atoms with Gasteiger partial charge in [0.2, 0.25) is 0 Å². The molecule has 0 saturated carbocycles. The Bertz CT molecular complexity index is 68.8. The summed E-state index contributed by atoms with van der Waals surface area (Å²) in [6.45, 7) is 7.49. The van der Waals surface area contributed by atoms with Crippen molar-refractivity contribution in [1.82, 2.24) is 0 Å². The van der Waals surface area contributed by atoms with E-state index < -0.39 is 0 Å². The zero-order valence-electron chi connectivity index (χ0n) is 5.59. The summed E-state index contributed by atoms with van der Waals surface area (Å²) in [6, 6.07) is 0. The van der Waals surface area contributed by atoms with Crippen molar-refractivity contribution in [3.63, 3.8) is 0 Å². The number of aliphatic hydroxyl groups is 1. The van der Waals surface area contributed by atoms with Crippen molar-refractivity contribution in [1.29, 1.82) is 0 Å². The third-order valence-electron chi connectivity index (χ3n) is 1.40. The maximum absolute atomic E-state index is 9.06. The first-order valence-corrected chi connectivity index (χ1v) is 3.03. The standard InChI is InChI=1S/C7H14O/c1-4-6(3)7(8)5-2/h4,6-8H,1,5H2,2-3H3/t6-,7-/m1/s1. The van der Waals surface area contributed by atoms with Gasteiger partial charge in [0, 0.05) is 0 Å². The van der Waals surface area contributed by atoms with Crippen molar-refractivity contribution in [2.24, 2.45) is 5.92 Å². The summed E-state index contributed by atoms with van der Waals surface area (Å²) >= 11 is 0. The van der Waals surface area contributed by atoms with E-state index in [4.69, 9.17) is 5.11 Å². The van der Waals surface area contributed by atoms with E-state index in [1.165, 1.54) is 0 Å². The van der Waals surface area contributed by atoms with Crippen LogP contribution in [0.3, 0.4) is 0 Å². The lowest BCUT2D eigenvalue weighted by molar-refractivity contribution is 0.134. The summed E-state index contributed by atoms with van der Waals surface area (Å²) in [6.07, 6.45) is 2.38. The average molecular weight is 114 g/mol. The minimum absolute atomic E-state index is 0.201. The Balaban J connectivity index is 3.44. The van der Waals surface area contributed by atoms with Crippen molar-refractivity contribution < 1.29 is 5.11 Å². The van der Waals surface area contributed by atoms with Crippen LogP contribution in [-0.2, 0) is 0 Å². The molecule has 0 aromatic rings. The molecule has 2 atom stereocenters. The number of hydrogen-bond acceptors (Lipinski definition) is 1. The van der Waals surface area contributed by atoms with Gasteiger partial charge in [-0.2, -0.15) is 0 Å². The second kappa shape index (κ2) is 3.67. The van der Waals surface area contributed by atoms with Crippen molar-refractivity contribution in [3.05, 3.63) is 12.7 Å². The van der Waals surface area contributed by atoms with Crippen molar-refractivity contribution in [2.45, 2.75) is 26.4 Å². The lowest BCUT2D eigenvalue weighted by atomic mass is 10.0. The van der Waals surface area contributed by atoms with Gasteiger partial charge in [-0.1, -0.05) is 19.9 Å². The predicted octanol–water partition coefficient (Wildman–Crippen LogP) is 1.58. The first-order valence-electron chi connectivity index (χ1n) is 3.03. The van der Waals surface area contributed by atoms with Crippen LogP contribution in [0.2, 0.25) is 0 Å². The molecule has 1 heteroatoms. The molecule has 0 spiro atoms. The summed E-state index contributed by atoms with van der Waals surface area (Å²) in [4.78, 5) is 0. The fourth-order valence-electron chi connectivity index (χ4n) is 0.529. The highest BCUT2D eigenvalue weighted by atomic mass is 16.3. The fraction of sp³-hybridized carbons (Fsp3) is 0.714. The van der Waals surface area contributed by atoms with Crippen molar-refractivity contribution in [3.8, 4) is 0 Å². The van der Waals surface area contributed by atoms with Gasteiger partial charge < -0.3 is 5.11 Å². The molecular formula is C7H14O. The van der Waals surface area contributed by atoms with Gasteiger partial charge in [-0.15, -0.1) is 6.58 Å². The van der Waals surface area contributed by atoms with Crippen LogP contribution in [0.25, 0.3) is 0 Å². The fourth-order valence-corrected chi connectivity index (χ4v) is 0.529. The maximum atomic E-state index is 9.06. The van der Waals surface area contributed by atoms with E-state index in [-0.39, 0.29) is 12.0 Å². The van der Waals surface area contributed by atoms with Crippen LogP contribution in [-0.4, -0.2) is 11.2 Å². The van der Waals surface area contributed by atoms with Crippen LogP contribution in [0.1, 0.15) is 20.3 Å². The Hall–Kier alpha value is -0.300. The van der Waals surface area contributed by atoms with Gasteiger partial charge >= 0.3 is 0 Å². The smallest absolute Gasteiger partial charge is 0.0597 e. The van der Waals surface area contributed by atoms with E-state index in [2.05, 4.69) is 6.58 Å². The van der Waals surface area contributed by atoms with E-state index in [1.54, 1.807) is 6.08 Å².